The first-order valence-corrected chi connectivity index (χ1v) is 6.98. The highest BCUT2D eigenvalue weighted by molar-refractivity contribution is 6.01. The number of carbonyl (C=O) groups is 1. The van der Waals surface area contributed by atoms with E-state index in [1.165, 1.54) is 11.3 Å². The second-order valence-corrected chi connectivity index (χ2v) is 5.74. The summed E-state index contributed by atoms with van der Waals surface area (Å²) < 4.78 is 0. The lowest BCUT2D eigenvalue weighted by Crippen LogP contribution is -2.62. The minimum absolute atomic E-state index is 0.190. The van der Waals surface area contributed by atoms with E-state index in [1.54, 1.807) is 0 Å². The third kappa shape index (κ3) is 1.91. The molecule has 1 saturated heterocycles. The van der Waals surface area contributed by atoms with Gasteiger partial charge < -0.3 is 15.1 Å². The van der Waals surface area contributed by atoms with Crippen LogP contribution in [0.3, 0.4) is 0 Å². The predicted molar refractivity (Wildman–Crippen MR) is 77.8 cm³/mol. The topological polar surface area (TPSA) is 35.6 Å². The molecule has 1 unspecified atom stereocenters. The Morgan fingerprint density at radius 2 is 2.16 bits per heavy atom. The number of nitrogens with zero attached hydrogens (tertiary/aromatic N) is 2. The van der Waals surface area contributed by atoms with Crippen molar-refractivity contribution in [2.45, 2.75) is 32.9 Å². The molecule has 19 heavy (non-hydrogen) atoms. The fourth-order valence-electron chi connectivity index (χ4n) is 3.18. The maximum atomic E-state index is 12.3. The van der Waals surface area contributed by atoms with Crippen LogP contribution in [0.1, 0.15) is 19.4 Å². The van der Waals surface area contributed by atoms with Gasteiger partial charge >= 0.3 is 0 Å². The van der Waals surface area contributed by atoms with Gasteiger partial charge in [0.15, 0.2) is 0 Å². The molecule has 4 nitrogen and oxygen atoms in total. The number of fused-ring (bicyclic) bond motifs is 3. The third-order valence-corrected chi connectivity index (χ3v) is 4.09. The van der Waals surface area contributed by atoms with Crippen LogP contribution in [0.15, 0.2) is 18.2 Å². The number of hydrogen-bond acceptors (Lipinski definition) is 3. The summed E-state index contributed by atoms with van der Waals surface area (Å²) in [6, 6.07) is 7.00. The first-order chi connectivity index (χ1) is 9.09. The minimum Gasteiger partial charge on any atom is -0.365 e. The molecule has 0 bridgehead atoms. The summed E-state index contributed by atoms with van der Waals surface area (Å²) in [4.78, 5) is 16.7. The standard InChI is InChI=1S/C15H21N3O/c1-10(2)17-9-12-7-16-8-14(19)18(12)15-11(3)5-4-6-13(15)17/h4-6,10,12,16H,7-9H2,1-3H3. The van der Waals surface area contributed by atoms with Gasteiger partial charge in [0, 0.05) is 19.1 Å². The molecule has 2 aliphatic heterocycles. The van der Waals surface area contributed by atoms with Crippen LogP contribution >= 0.6 is 0 Å². The molecule has 2 heterocycles. The van der Waals surface area contributed by atoms with Crippen LogP contribution < -0.4 is 15.1 Å². The van der Waals surface area contributed by atoms with E-state index in [0.717, 1.165) is 18.8 Å². The Bertz CT molecular complexity index is 512. The van der Waals surface area contributed by atoms with Gasteiger partial charge in [-0.15, -0.1) is 0 Å². The van der Waals surface area contributed by atoms with Crippen LogP contribution in [0, 0.1) is 6.92 Å². The SMILES string of the molecule is Cc1cccc2c1N1C(=O)CNCC1CN2C(C)C. The number of hydrogen-bond donors (Lipinski definition) is 1. The molecular formula is C15H21N3O. The van der Waals surface area contributed by atoms with E-state index >= 15 is 0 Å². The second kappa shape index (κ2) is 4.53. The maximum absolute atomic E-state index is 12.3. The Kier molecular flexibility index (Phi) is 2.97. The van der Waals surface area contributed by atoms with Crippen LogP contribution in [0.2, 0.25) is 0 Å². The lowest BCUT2D eigenvalue weighted by Gasteiger charge is -2.47. The van der Waals surface area contributed by atoms with Crippen LogP contribution in [-0.2, 0) is 4.79 Å². The monoisotopic (exact) mass is 259 g/mol. The van der Waals surface area contributed by atoms with Crippen molar-refractivity contribution in [2.24, 2.45) is 0 Å². The Morgan fingerprint density at radius 1 is 1.37 bits per heavy atom. The molecular weight excluding hydrogens is 238 g/mol. The van der Waals surface area contributed by atoms with Gasteiger partial charge in [-0.25, -0.2) is 0 Å². The van der Waals surface area contributed by atoms with Crippen molar-refractivity contribution in [2.75, 3.05) is 29.4 Å². The highest BCUT2D eigenvalue weighted by Crippen LogP contribution is 2.39. The molecule has 1 fully saturated rings. The van der Waals surface area contributed by atoms with Gasteiger partial charge in [-0.3, -0.25) is 4.79 Å². The number of nitrogens with one attached hydrogen (secondary N) is 1. The number of amides is 1. The quantitative estimate of drug-likeness (QED) is 0.831. The van der Waals surface area contributed by atoms with E-state index < -0.39 is 0 Å². The summed E-state index contributed by atoms with van der Waals surface area (Å²) in [7, 11) is 0. The molecule has 2 aliphatic rings. The minimum atomic E-state index is 0.190. The molecule has 4 heteroatoms. The molecule has 3 rings (SSSR count). The molecule has 0 radical (unpaired) electrons. The predicted octanol–water partition coefficient (Wildman–Crippen LogP) is 1.53. The molecule has 0 saturated carbocycles. The number of piperazine rings is 1. The Labute approximate surface area is 114 Å². The molecule has 0 aromatic heterocycles. The van der Waals surface area contributed by atoms with Crippen LogP contribution in [0.25, 0.3) is 0 Å². The highest BCUT2D eigenvalue weighted by Gasteiger charge is 2.38. The van der Waals surface area contributed by atoms with Crippen LogP contribution in [-0.4, -0.2) is 37.6 Å². The van der Waals surface area contributed by atoms with Crippen molar-refractivity contribution < 1.29 is 4.79 Å². The van der Waals surface area contributed by atoms with Crippen molar-refractivity contribution >= 4 is 17.3 Å². The molecule has 0 aliphatic carbocycles. The number of rotatable bonds is 1. The van der Waals surface area contributed by atoms with E-state index in [-0.39, 0.29) is 11.9 Å². The Balaban J connectivity index is 2.14. The third-order valence-electron chi connectivity index (χ3n) is 4.09. The van der Waals surface area contributed by atoms with Gasteiger partial charge in [-0.05, 0) is 32.4 Å². The lowest BCUT2D eigenvalue weighted by atomic mass is 10.00. The van der Waals surface area contributed by atoms with Crippen molar-refractivity contribution in [3.63, 3.8) is 0 Å². The zero-order valence-corrected chi connectivity index (χ0v) is 11.8. The van der Waals surface area contributed by atoms with Crippen molar-refractivity contribution in [3.05, 3.63) is 23.8 Å². The van der Waals surface area contributed by atoms with Gasteiger partial charge in [0.1, 0.15) is 0 Å². The van der Waals surface area contributed by atoms with E-state index in [9.17, 15) is 4.79 Å². The molecule has 1 N–H and O–H groups in total. The molecule has 1 aromatic carbocycles. The molecule has 1 aromatic rings. The van der Waals surface area contributed by atoms with Crippen molar-refractivity contribution in [1.82, 2.24) is 5.32 Å². The fraction of sp³-hybridized carbons (Fsp3) is 0.533. The van der Waals surface area contributed by atoms with Crippen molar-refractivity contribution in [1.29, 1.82) is 0 Å². The summed E-state index contributed by atoms with van der Waals surface area (Å²) in [6.45, 7) is 8.75. The van der Waals surface area contributed by atoms with Gasteiger partial charge in [0.25, 0.3) is 0 Å². The normalized spacial score (nSPS) is 22.5. The van der Waals surface area contributed by atoms with Crippen LogP contribution in [0.4, 0.5) is 11.4 Å². The number of carbonyl (C=O) groups excluding carboxylic acids is 1. The largest absolute Gasteiger partial charge is 0.365 e. The smallest absolute Gasteiger partial charge is 0.241 e. The average Bonchev–Trinajstić information content (AvgIpc) is 2.38. The number of benzene rings is 1. The van der Waals surface area contributed by atoms with Gasteiger partial charge in [0.05, 0.1) is 24.0 Å². The second-order valence-electron chi connectivity index (χ2n) is 5.74. The summed E-state index contributed by atoms with van der Waals surface area (Å²) in [5.41, 5.74) is 3.49. The number of aryl methyl sites for hydroxylation is 1. The van der Waals surface area contributed by atoms with Gasteiger partial charge in [0.2, 0.25) is 5.91 Å². The van der Waals surface area contributed by atoms with E-state index in [2.05, 4.69) is 49.2 Å². The lowest BCUT2D eigenvalue weighted by molar-refractivity contribution is -0.119. The zero-order valence-electron chi connectivity index (χ0n) is 11.8. The highest BCUT2D eigenvalue weighted by atomic mass is 16.2. The fourth-order valence-corrected chi connectivity index (χ4v) is 3.18. The van der Waals surface area contributed by atoms with Gasteiger partial charge in [-0.2, -0.15) is 0 Å². The molecule has 102 valence electrons. The van der Waals surface area contributed by atoms with E-state index in [1.807, 2.05) is 4.90 Å². The van der Waals surface area contributed by atoms with E-state index in [0.29, 0.717) is 12.6 Å². The van der Waals surface area contributed by atoms with E-state index in [4.69, 9.17) is 0 Å². The first-order valence-electron chi connectivity index (χ1n) is 6.98. The maximum Gasteiger partial charge on any atom is 0.241 e. The summed E-state index contributed by atoms with van der Waals surface area (Å²) >= 11 is 0. The summed E-state index contributed by atoms with van der Waals surface area (Å²) in [6.07, 6.45) is 0. The van der Waals surface area contributed by atoms with Gasteiger partial charge in [-0.1, -0.05) is 12.1 Å². The molecule has 0 spiro atoms. The average molecular weight is 259 g/mol. The Hall–Kier alpha value is -1.55. The van der Waals surface area contributed by atoms with Crippen molar-refractivity contribution in [3.8, 4) is 0 Å². The Morgan fingerprint density at radius 3 is 2.89 bits per heavy atom. The number of para-hydroxylation sites is 1. The summed E-state index contributed by atoms with van der Waals surface area (Å²) in [5.74, 6) is 0.190. The first kappa shape index (κ1) is 12.5. The zero-order chi connectivity index (χ0) is 13.6. The van der Waals surface area contributed by atoms with Crippen LogP contribution in [0.5, 0.6) is 0 Å². The summed E-state index contributed by atoms with van der Waals surface area (Å²) in [5, 5.41) is 3.23. The molecule has 1 atom stereocenters. The number of anilines is 2. The molecule has 1 amide bonds.